The molecule has 7 heteroatoms. The van der Waals surface area contributed by atoms with Gasteiger partial charge < -0.3 is 15.5 Å². The molecule has 1 fully saturated rings. The van der Waals surface area contributed by atoms with E-state index in [-0.39, 0.29) is 11.9 Å². The fourth-order valence-corrected chi connectivity index (χ4v) is 2.39. The quantitative estimate of drug-likeness (QED) is 0.820. The van der Waals surface area contributed by atoms with Crippen LogP contribution >= 0.6 is 27.5 Å². The largest absolute Gasteiger partial charge is 0.353 e. The second-order valence-electron chi connectivity index (χ2n) is 4.19. The van der Waals surface area contributed by atoms with Gasteiger partial charge in [0.05, 0.1) is 15.2 Å². The Bertz CT molecular complexity index is 524. The van der Waals surface area contributed by atoms with Gasteiger partial charge in [0.25, 0.3) is 0 Å². The van der Waals surface area contributed by atoms with Crippen molar-refractivity contribution in [3.8, 4) is 0 Å². The summed E-state index contributed by atoms with van der Waals surface area (Å²) >= 11 is 9.27. The molecule has 5 nitrogen and oxygen atoms in total. The van der Waals surface area contributed by atoms with Crippen molar-refractivity contribution >= 4 is 45.2 Å². The Morgan fingerprint density at radius 2 is 2.32 bits per heavy atom. The van der Waals surface area contributed by atoms with E-state index in [1.165, 1.54) is 4.90 Å². The van der Waals surface area contributed by atoms with Crippen LogP contribution in [0.1, 0.15) is 6.92 Å². The molecule has 0 unspecified atom stereocenters. The Morgan fingerprint density at radius 3 is 3.05 bits per heavy atom. The Balaban J connectivity index is 2.12. The summed E-state index contributed by atoms with van der Waals surface area (Å²) in [5, 5.41) is 5.97. The second kappa shape index (κ2) is 5.79. The smallest absolute Gasteiger partial charge is 0.322 e. The number of urea groups is 1. The molecule has 1 aliphatic rings. The number of carbonyl (C=O) groups is 2. The number of piperazine rings is 1. The van der Waals surface area contributed by atoms with Gasteiger partial charge in [0.1, 0.15) is 6.04 Å². The number of carbonyl (C=O) groups excluding carboxylic acids is 2. The Hall–Kier alpha value is -1.27. The van der Waals surface area contributed by atoms with E-state index < -0.39 is 6.04 Å². The summed E-state index contributed by atoms with van der Waals surface area (Å²) in [5.41, 5.74) is 0.579. The molecule has 0 bridgehead atoms. The normalized spacial score (nSPS) is 19.0. The molecule has 19 heavy (non-hydrogen) atoms. The van der Waals surface area contributed by atoms with E-state index in [4.69, 9.17) is 11.6 Å². The highest BCUT2D eigenvalue weighted by molar-refractivity contribution is 9.10. The maximum Gasteiger partial charge on any atom is 0.322 e. The van der Waals surface area contributed by atoms with Gasteiger partial charge in [-0.1, -0.05) is 17.7 Å². The fourth-order valence-electron chi connectivity index (χ4n) is 1.85. The number of hydrogen-bond donors (Lipinski definition) is 2. The minimum Gasteiger partial charge on any atom is -0.353 e. The van der Waals surface area contributed by atoms with E-state index in [1.54, 1.807) is 25.1 Å². The molecule has 0 aromatic heterocycles. The van der Waals surface area contributed by atoms with Crippen molar-refractivity contribution in [3.63, 3.8) is 0 Å². The van der Waals surface area contributed by atoms with Crippen LogP contribution < -0.4 is 10.6 Å². The summed E-state index contributed by atoms with van der Waals surface area (Å²) in [7, 11) is 0. The molecule has 2 N–H and O–H groups in total. The highest BCUT2D eigenvalue weighted by Crippen LogP contribution is 2.30. The van der Waals surface area contributed by atoms with Crippen LogP contribution in [0.3, 0.4) is 0 Å². The SMILES string of the molecule is C[C@H]1C(=O)NCCN1C(=O)Nc1cccc(Cl)c1Br. The molecule has 0 aliphatic carbocycles. The van der Waals surface area contributed by atoms with Crippen LogP contribution in [0.15, 0.2) is 22.7 Å². The lowest BCUT2D eigenvalue weighted by Crippen LogP contribution is -2.56. The molecular weight excluding hydrogens is 334 g/mol. The highest BCUT2D eigenvalue weighted by atomic mass is 79.9. The summed E-state index contributed by atoms with van der Waals surface area (Å²) in [5.74, 6) is -0.147. The van der Waals surface area contributed by atoms with Gasteiger partial charge in [-0.25, -0.2) is 4.79 Å². The average Bonchev–Trinajstić information content (AvgIpc) is 2.38. The van der Waals surface area contributed by atoms with Crippen molar-refractivity contribution in [1.29, 1.82) is 0 Å². The van der Waals surface area contributed by atoms with Crippen LogP contribution in [-0.4, -0.2) is 36.0 Å². The molecule has 0 saturated carbocycles. The topological polar surface area (TPSA) is 61.4 Å². The predicted molar refractivity (Wildman–Crippen MR) is 77.3 cm³/mol. The summed E-state index contributed by atoms with van der Waals surface area (Å²) in [6, 6.07) is 4.41. The number of nitrogens with zero attached hydrogens (tertiary/aromatic N) is 1. The third-order valence-corrected chi connectivity index (χ3v) is 4.35. The van der Waals surface area contributed by atoms with Crippen LogP contribution in [0.5, 0.6) is 0 Å². The highest BCUT2D eigenvalue weighted by Gasteiger charge is 2.29. The average molecular weight is 347 g/mol. The van der Waals surface area contributed by atoms with Crippen LogP contribution in [0.2, 0.25) is 5.02 Å². The van der Waals surface area contributed by atoms with Gasteiger partial charge in [0.2, 0.25) is 5.91 Å². The van der Waals surface area contributed by atoms with Gasteiger partial charge in [0, 0.05) is 13.1 Å². The Kier molecular flexibility index (Phi) is 4.31. The lowest BCUT2D eigenvalue weighted by atomic mass is 10.2. The minimum atomic E-state index is -0.480. The molecule has 3 amide bonds. The molecule has 0 radical (unpaired) electrons. The van der Waals surface area contributed by atoms with Gasteiger partial charge in [-0.2, -0.15) is 0 Å². The lowest BCUT2D eigenvalue weighted by Gasteiger charge is -2.32. The first kappa shape index (κ1) is 14.1. The Labute approximate surface area is 124 Å². The molecular formula is C12H13BrClN3O2. The van der Waals surface area contributed by atoms with E-state index in [0.717, 1.165) is 0 Å². The predicted octanol–water partition coefficient (Wildman–Crippen LogP) is 2.45. The number of benzene rings is 1. The second-order valence-corrected chi connectivity index (χ2v) is 5.39. The van der Waals surface area contributed by atoms with E-state index in [2.05, 4.69) is 26.6 Å². The van der Waals surface area contributed by atoms with E-state index in [9.17, 15) is 9.59 Å². The zero-order valence-electron chi connectivity index (χ0n) is 10.2. The van der Waals surface area contributed by atoms with Crippen LogP contribution in [0.25, 0.3) is 0 Å². The third kappa shape index (κ3) is 3.01. The molecule has 1 aromatic rings. The number of anilines is 1. The van der Waals surface area contributed by atoms with E-state index in [0.29, 0.717) is 28.3 Å². The number of hydrogen-bond acceptors (Lipinski definition) is 2. The van der Waals surface area contributed by atoms with Crippen molar-refractivity contribution in [2.45, 2.75) is 13.0 Å². The van der Waals surface area contributed by atoms with Crippen LogP contribution in [0.4, 0.5) is 10.5 Å². The first-order valence-corrected chi connectivity index (χ1v) is 6.97. The number of rotatable bonds is 1. The van der Waals surface area contributed by atoms with Gasteiger partial charge in [0.15, 0.2) is 0 Å². The van der Waals surface area contributed by atoms with E-state index in [1.807, 2.05) is 0 Å². The number of nitrogens with one attached hydrogen (secondary N) is 2. The molecule has 1 heterocycles. The standard InChI is InChI=1S/C12H13BrClN3O2/c1-7-11(18)15-5-6-17(7)12(19)16-9-4-2-3-8(14)10(9)13/h2-4,7H,5-6H2,1H3,(H,15,18)(H,16,19)/t7-/m0/s1. The molecule has 1 aliphatic heterocycles. The summed E-state index contributed by atoms with van der Waals surface area (Å²) < 4.78 is 0.624. The summed E-state index contributed by atoms with van der Waals surface area (Å²) in [6.45, 7) is 2.64. The van der Waals surface area contributed by atoms with Gasteiger partial charge in [-0.15, -0.1) is 0 Å². The first-order chi connectivity index (χ1) is 9.00. The van der Waals surface area contributed by atoms with Crippen LogP contribution in [-0.2, 0) is 4.79 Å². The monoisotopic (exact) mass is 345 g/mol. The van der Waals surface area contributed by atoms with E-state index >= 15 is 0 Å². The molecule has 2 rings (SSSR count). The lowest BCUT2D eigenvalue weighted by molar-refractivity contribution is -0.126. The van der Waals surface area contributed by atoms with Crippen LogP contribution in [0, 0.1) is 0 Å². The number of amides is 3. The third-order valence-electron chi connectivity index (χ3n) is 2.95. The molecule has 102 valence electrons. The maximum absolute atomic E-state index is 12.2. The summed E-state index contributed by atoms with van der Waals surface area (Å²) in [4.78, 5) is 25.2. The molecule has 0 spiro atoms. The van der Waals surface area contributed by atoms with Crippen molar-refractivity contribution in [3.05, 3.63) is 27.7 Å². The van der Waals surface area contributed by atoms with Crippen molar-refractivity contribution < 1.29 is 9.59 Å². The molecule has 1 saturated heterocycles. The zero-order chi connectivity index (χ0) is 14.0. The molecule has 1 aromatic carbocycles. The number of halogens is 2. The van der Waals surface area contributed by atoms with Crippen molar-refractivity contribution in [2.24, 2.45) is 0 Å². The molecule has 1 atom stereocenters. The summed E-state index contributed by atoms with van der Waals surface area (Å²) in [6.07, 6.45) is 0. The Morgan fingerprint density at radius 1 is 1.58 bits per heavy atom. The van der Waals surface area contributed by atoms with Crippen molar-refractivity contribution in [2.75, 3.05) is 18.4 Å². The fraction of sp³-hybridized carbons (Fsp3) is 0.333. The van der Waals surface area contributed by atoms with Gasteiger partial charge >= 0.3 is 6.03 Å². The van der Waals surface area contributed by atoms with Gasteiger partial charge in [-0.05, 0) is 35.0 Å². The van der Waals surface area contributed by atoms with Gasteiger partial charge in [-0.3, -0.25) is 4.79 Å². The maximum atomic E-state index is 12.2. The van der Waals surface area contributed by atoms with Crippen molar-refractivity contribution in [1.82, 2.24) is 10.2 Å². The zero-order valence-corrected chi connectivity index (χ0v) is 12.6. The minimum absolute atomic E-state index is 0.147. The first-order valence-electron chi connectivity index (χ1n) is 5.80.